The lowest BCUT2D eigenvalue weighted by Crippen LogP contribution is -2.39. The van der Waals surface area contributed by atoms with E-state index in [1.54, 1.807) is 52.8 Å². The average Bonchev–Trinajstić information content (AvgIpc) is 3.79. The van der Waals surface area contributed by atoms with Gasteiger partial charge in [-0.05, 0) is 92.3 Å². The number of aromatic nitrogens is 5. The topological polar surface area (TPSA) is 132 Å². The van der Waals surface area contributed by atoms with Crippen molar-refractivity contribution in [3.8, 4) is 11.5 Å². The molecule has 2 fully saturated rings. The summed E-state index contributed by atoms with van der Waals surface area (Å²) in [6.45, 7) is 7.82. The van der Waals surface area contributed by atoms with Crippen molar-refractivity contribution in [2.45, 2.75) is 93.5 Å². The van der Waals surface area contributed by atoms with Gasteiger partial charge in [-0.1, -0.05) is 84.6 Å². The average molecular weight is 909 g/mol. The first kappa shape index (κ1) is 45.9. The number of hydrogen-bond acceptors (Lipinski definition) is 12. The van der Waals surface area contributed by atoms with E-state index in [-0.39, 0.29) is 30.5 Å². The van der Waals surface area contributed by atoms with Gasteiger partial charge in [0.25, 0.3) is 0 Å². The Kier molecular flexibility index (Phi) is 13.7. The first-order chi connectivity index (χ1) is 31.4. The second-order valence-electron chi connectivity index (χ2n) is 17.2. The van der Waals surface area contributed by atoms with Gasteiger partial charge in [0.15, 0.2) is 33.8 Å². The molecule has 2 aromatic heterocycles. The zero-order chi connectivity index (χ0) is 45.9. The molecule has 0 unspecified atom stereocenters. The Morgan fingerprint density at radius 1 is 0.846 bits per heavy atom. The molecule has 2 aliphatic rings. The van der Waals surface area contributed by atoms with Gasteiger partial charge in [0, 0.05) is 31.2 Å². The molecule has 1 saturated carbocycles. The number of amides is 1. The lowest BCUT2D eigenvalue weighted by molar-refractivity contribution is -0.0750. The number of hydrogen-bond donors (Lipinski definition) is 0. The van der Waals surface area contributed by atoms with Crippen LogP contribution in [0.4, 0.5) is 19.4 Å². The minimum atomic E-state index is -1.07. The van der Waals surface area contributed by atoms with Gasteiger partial charge in [0.1, 0.15) is 28.8 Å². The normalized spacial score (nSPS) is 19.6. The predicted octanol–water partition coefficient (Wildman–Crippen LogP) is 9.67. The van der Waals surface area contributed by atoms with Gasteiger partial charge in [-0.25, -0.2) is 28.2 Å². The third-order valence-corrected chi connectivity index (χ3v) is 12.7. The molecular weight excluding hydrogens is 855 g/mol. The summed E-state index contributed by atoms with van der Waals surface area (Å²) in [5.74, 6) is 0.159. The van der Waals surface area contributed by atoms with Gasteiger partial charge >= 0.3 is 6.09 Å². The molecule has 4 aromatic carbocycles. The smallest absolute Gasteiger partial charge is 0.416 e. The number of benzene rings is 4. The molecule has 1 amide bonds. The Labute approximate surface area is 381 Å². The molecule has 5 atom stereocenters. The summed E-state index contributed by atoms with van der Waals surface area (Å²) in [7, 11) is 4.89. The van der Waals surface area contributed by atoms with Crippen LogP contribution in [0, 0.1) is 11.6 Å². The molecule has 1 saturated heterocycles. The monoisotopic (exact) mass is 908 g/mol. The van der Waals surface area contributed by atoms with Crippen LogP contribution in [0.2, 0.25) is 0 Å². The standard InChI is InChI=1S/C49H54F2N6O7S/c1-8-24-65-46-52-44(56(47(58)64-48(2,3)4)40-27-37(40)30-14-23-38(50)39(51)25-30)43-45(53-46)57(55-54-43)41-26-36(63-42(41)29-59-5)28-62-49(31-12-10-9-11-13-31,32-15-19-34(60-6)20-16-32)33-17-21-35(61-7)22-18-33/h9-23,25,36-37,40-42H,8,24,26-29H2,1-7H3/t36-,37+,40-,41-,42+/m1/s1. The fourth-order valence-electron chi connectivity index (χ4n) is 8.49. The molecule has 0 bridgehead atoms. The number of methoxy groups -OCH3 is 3. The molecule has 8 rings (SSSR count). The number of carbonyl (C=O) groups is 1. The predicted molar refractivity (Wildman–Crippen MR) is 243 cm³/mol. The van der Waals surface area contributed by atoms with E-state index < -0.39 is 53.2 Å². The molecule has 0 radical (unpaired) electrons. The van der Waals surface area contributed by atoms with E-state index in [2.05, 4.69) is 29.4 Å². The number of nitrogens with zero attached hydrogens (tertiary/aromatic N) is 6. The van der Waals surface area contributed by atoms with E-state index in [4.69, 9.17) is 38.4 Å². The van der Waals surface area contributed by atoms with Gasteiger partial charge < -0.3 is 28.4 Å². The highest BCUT2D eigenvalue weighted by molar-refractivity contribution is 7.99. The van der Waals surface area contributed by atoms with Gasteiger partial charge in [-0.15, -0.1) is 5.10 Å². The fraction of sp³-hybridized carbons (Fsp3) is 0.408. The maximum absolute atomic E-state index is 14.5. The number of carbonyl (C=O) groups excluding carboxylic acids is 1. The van der Waals surface area contributed by atoms with Crippen molar-refractivity contribution in [2.24, 2.45) is 0 Å². The van der Waals surface area contributed by atoms with Gasteiger partial charge in [-0.3, -0.25) is 4.90 Å². The van der Waals surface area contributed by atoms with Crippen molar-refractivity contribution >= 4 is 34.8 Å². The van der Waals surface area contributed by atoms with Gasteiger partial charge in [0.2, 0.25) is 0 Å². The maximum atomic E-state index is 14.5. The number of rotatable bonds is 17. The number of ether oxygens (including phenoxy) is 6. The third-order valence-electron chi connectivity index (χ3n) is 11.6. The summed E-state index contributed by atoms with van der Waals surface area (Å²) in [5, 5.41) is 9.75. The van der Waals surface area contributed by atoms with Crippen LogP contribution in [-0.4, -0.2) is 95.2 Å². The number of thioether (sulfide) groups is 1. The molecule has 65 heavy (non-hydrogen) atoms. The Bertz CT molecular complexity index is 2530. The molecule has 342 valence electrons. The van der Waals surface area contributed by atoms with Crippen molar-refractivity contribution in [2.75, 3.05) is 45.2 Å². The molecular formula is C49H54F2N6O7S. The van der Waals surface area contributed by atoms with Crippen molar-refractivity contribution in [3.05, 3.63) is 131 Å². The minimum Gasteiger partial charge on any atom is -0.497 e. The zero-order valence-electron chi connectivity index (χ0n) is 37.6. The van der Waals surface area contributed by atoms with Crippen LogP contribution in [0.5, 0.6) is 11.5 Å². The van der Waals surface area contributed by atoms with E-state index >= 15 is 0 Å². The lowest BCUT2D eigenvalue weighted by atomic mass is 9.80. The Morgan fingerprint density at radius 2 is 1.51 bits per heavy atom. The number of anilines is 1. The largest absolute Gasteiger partial charge is 0.497 e. The van der Waals surface area contributed by atoms with E-state index in [9.17, 15) is 13.6 Å². The quantitative estimate of drug-likeness (QED) is 0.0491. The van der Waals surface area contributed by atoms with Gasteiger partial charge in [0.05, 0.1) is 39.6 Å². The number of fused-ring (bicyclic) bond motifs is 1. The summed E-state index contributed by atoms with van der Waals surface area (Å²) in [5.41, 5.74) is 2.01. The molecule has 3 heterocycles. The summed E-state index contributed by atoms with van der Waals surface area (Å²) < 4.78 is 67.0. The Hall–Kier alpha value is -5.68. The van der Waals surface area contributed by atoms with Crippen LogP contribution in [0.1, 0.15) is 81.2 Å². The second kappa shape index (κ2) is 19.4. The Balaban J connectivity index is 1.17. The summed E-state index contributed by atoms with van der Waals surface area (Å²) in [6.07, 6.45) is 0.197. The summed E-state index contributed by atoms with van der Waals surface area (Å²) in [4.78, 5) is 25.7. The lowest BCUT2D eigenvalue weighted by Gasteiger charge is -2.37. The van der Waals surface area contributed by atoms with E-state index in [0.717, 1.165) is 29.2 Å². The van der Waals surface area contributed by atoms with E-state index in [1.165, 1.54) is 22.7 Å². The summed E-state index contributed by atoms with van der Waals surface area (Å²) >= 11 is 1.45. The maximum Gasteiger partial charge on any atom is 0.416 e. The van der Waals surface area contributed by atoms with Crippen molar-refractivity contribution in [3.63, 3.8) is 0 Å². The molecule has 6 aromatic rings. The molecule has 16 heteroatoms. The molecule has 1 aliphatic heterocycles. The van der Waals surface area contributed by atoms with E-state index in [0.29, 0.717) is 46.5 Å². The first-order valence-electron chi connectivity index (χ1n) is 21.7. The van der Waals surface area contributed by atoms with Crippen molar-refractivity contribution in [1.29, 1.82) is 0 Å². The van der Waals surface area contributed by atoms with Crippen LogP contribution in [0.25, 0.3) is 11.2 Å². The highest BCUT2D eigenvalue weighted by atomic mass is 32.2. The fourth-order valence-corrected chi connectivity index (χ4v) is 9.18. The van der Waals surface area contributed by atoms with Crippen LogP contribution in [0.15, 0.2) is 102 Å². The number of halogens is 2. The second-order valence-corrected chi connectivity index (χ2v) is 18.3. The first-order valence-corrected chi connectivity index (χ1v) is 22.7. The van der Waals surface area contributed by atoms with E-state index in [1.807, 2.05) is 66.7 Å². The third kappa shape index (κ3) is 9.67. The highest BCUT2D eigenvalue weighted by Crippen LogP contribution is 2.48. The van der Waals surface area contributed by atoms with Crippen molar-refractivity contribution < 1.29 is 42.0 Å². The Morgan fingerprint density at radius 3 is 2.11 bits per heavy atom. The zero-order valence-corrected chi connectivity index (χ0v) is 38.4. The minimum absolute atomic E-state index is 0.174. The molecule has 0 N–H and O–H groups in total. The molecule has 0 spiro atoms. The molecule has 13 nitrogen and oxygen atoms in total. The SMILES string of the molecule is CCCSc1nc(N(C(=O)OC(C)(C)C)[C@@H]2C[C@H]2c2ccc(F)c(F)c2)c2nnn([C@@H]3C[C@H](COC(c4ccccc4)(c4ccc(OC)cc4)c4ccc(OC)cc4)O[C@H]3COC)c2n1. The van der Waals surface area contributed by atoms with Crippen molar-refractivity contribution in [1.82, 2.24) is 25.0 Å². The van der Waals surface area contributed by atoms with Crippen LogP contribution in [0.3, 0.4) is 0 Å². The van der Waals surface area contributed by atoms with Crippen LogP contribution >= 0.6 is 11.8 Å². The van der Waals surface area contributed by atoms with Crippen LogP contribution < -0.4 is 14.4 Å². The highest BCUT2D eigenvalue weighted by Gasteiger charge is 2.49. The summed E-state index contributed by atoms with van der Waals surface area (Å²) in [6, 6.07) is 28.7. The van der Waals surface area contributed by atoms with Crippen LogP contribution in [-0.2, 0) is 24.5 Å². The molecule has 1 aliphatic carbocycles. The van der Waals surface area contributed by atoms with Gasteiger partial charge in [-0.2, -0.15) is 0 Å².